The lowest BCUT2D eigenvalue weighted by atomic mass is 10.1. The summed E-state index contributed by atoms with van der Waals surface area (Å²) in [6.45, 7) is 2.37. The van der Waals surface area contributed by atoms with Crippen molar-refractivity contribution in [3.8, 4) is 0 Å². The van der Waals surface area contributed by atoms with E-state index in [1.54, 1.807) is 35.0 Å². The molecule has 0 spiro atoms. The van der Waals surface area contributed by atoms with Crippen LogP contribution in [-0.2, 0) is 12.3 Å². The van der Waals surface area contributed by atoms with Gasteiger partial charge in [0.1, 0.15) is 10.6 Å². The van der Waals surface area contributed by atoms with Gasteiger partial charge in [0.25, 0.3) is 5.91 Å². The second-order valence-electron chi connectivity index (χ2n) is 6.57. The zero-order valence-electron chi connectivity index (χ0n) is 15.9. The van der Waals surface area contributed by atoms with E-state index in [9.17, 15) is 4.79 Å². The molecule has 4 rings (SSSR count). The largest absolute Gasteiger partial charge is 0.451 e. The molecule has 0 aliphatic carbocycles. The van der Waals surface area contributed by atoms with Crippen LogP contribution in [0.2, 0.25) is 5.02 Å². The molecule has 0 unspecified atom stereocenters. The van der Waals surface area contributed by atoms with Crippen molar-refractivity contribution in [2.24, 2.45) is 0 Å². The van der Waals surface area contributed by atoms with Crippen LogP contribution < -0.4 is 0 Å². The van der Waals surface area contributed by atoms with Crippen molar-refractivity contribution >= 4 is 51.6 Å². The number of hydrogen-bond donors (Lipinski definition) is 0. The van der Waals surface area contributed by atoms with Crippen LogP contribution in [0.1, 0.15) is 26.7 Å². The number of fused-ring (bicyclic) bond motifs is 1. The molecule has 29 heavy (non-hydrogen) atoms. The average Bonchev–Trinajstić information content (AvgIpc) is 3.29. The zero-order chi connectivity index (χ0) is 20.4. The highest BCUT2D eigenvalue weighted by molar-refractivity contribution is 8.00. The van der Waals surface area contributed by atoms with Crippen LogP contribution in [-0.4, -0.2) is 28.1 Å². The summed E-state index contributed by atoms with van der Waals surface area (Å²) in [4.78, 5) is 14.8. The predicted molar refractivity (Wildman–Crippen MR) is 118 cm³/mol. The molecule has 0 bridgehead atoms. The van der Waals surface area contributed by atoms with Crippen molar-refractivity contribution < 1.29 is 9.21 Å². The van der Waals surface area contributed by atoms with E-state index >= 15 is 0 Å². The maximum atomic E-state index is 13.2. The van der Waals surface area contributed by atoms with Gasteiger partial charge in [-0.15, -0.1) is 10.2 Å². The summed E-state index contributed by atoms with van der Waals surface area (Å²) in [7, 11) is 1.77. The summed E-state index contributed by atoms with van der Waals surface area (Å²) in [6.07, 6.45) is 0. The number of carbonyl (C=O) groups excluding carboxylic acids is 1. The second kappa shape index (κ2) is 8.57. The first-order valence-electron chi connectivity index (χ1n) is 8.94. The fraction of sp³-hybridized carbons (Fsp3) is 0.190. The van der Waals surface area contributed by atoms with E-state index in [0.29, 0.717) is 28.7 Å². The maximum Gasteiger partial charge on any atom is 0.289 e. The van der Waals surface area contributed by atoms with Gasteiger partial charge in [-0.3, -0.25) is 4.79 Å². The molecule has 0 radical (unpaired) electrons. The third-order valence-electron chi connectivity index (χ3n) is 4.40. The fourth-order valence-corrected chi connectivity index (χ4v) is 5.10. The summed E-state index contributed by atoms with van der Waals surface area (Å²) in [5.41, 5.74) is 2.54. The minimum absolute atomic E-state index is 0.162. The lowest BCUT2D eigenvalue weighted by molar-refractivity contribution is 0.0754. The van der Waals surface area contributed by atoms with E-state index in [0.717, 1.165) is 25.9 Å². The molecule has 1 amide bonds. The van der Waals surface area contributed by atoms with Gasteiger partial charge in [-0.25, -0.2) is 0 Å². The van der Waals surface area contributed by atoms with Gasteiger partial charge in [0.2, 0.25) is 0 Å². The molecule has 5 nitrogen and oxygen atoms in total. The summed E-state index contributed by atoms with van der Waals surface area (Å²) in [6, 6.07) is 15.2. The smallest absolute Gasteiger partial charge is 0.289 e. The van der Waals surface area contributed by atoms with Crippen molar-refractivity contribution in [2.45, 2.75) is 23.6 Å². The van der Waals surface area contributed by atoms with Crippen LogP contribution >= 0.6 is 34.7 Å². The molecule has 2 heterocycles. The minimum Gasteiger partial charge on any atom is -0.451 e. The van der Waals surface area contributed by atoms with Crippen LogP contribution in [0.4, 0.5) is 0 Å². The van der Waals surface area contributed by atoms with Gasteiger partial charge in [-0.2, -0.15) is 0 Å². The van der Waals surface area contributed by atoms with E-state index in [1.165, 1.54) is 0 Å². The quantitative estimate of drug-likeness (QED) is 0.352. The number of carbonyl (C=O) groups is 1. The molecule has 0 aliphatic heterocycles. The number of halogens is 1. The molecule has 0 fully saturated rings. The third-order valence-corrected chi connectivity index (χ3v) is 6.63. The number of hydrogen-bond acceptors (Lipinski definition) is 6. The van der Waals surface area contributed by atoms with Crippen molar-refractivity contribution in [3.63, 3.8) is 0 Å². The lowest BCUT2D eigenvalue weighted by Crippen LogP contribution is -2.26. The highest BCUT2D eigenvalue weighted by Gasteiger charge is 2.24. The lowest BCUT2D eigenvalue weighted by Gasteiger charge is -2.17. The number of aromatic nitrogens is 2. The third kappa shape index (κ3) is 4.47. The molecule has 0 saturated heterocycles. The van der Waals surface area contributed by atoms with Crippen LogP contribution in [0, 0.1) is 6.92 Å². The summed E-state index contributed by atoms with van der Waals surface area (Å²) >= 11 is 9.17. The molecule has 0 N–H and O–H groups in total. The molecular formula is C21H18ClN3O2S2. The Morgan fingerprint density at radius 2 is 2.03 bits per heavy atom. The van der Waals surface area contributed by atoms with Gasteiger partial charge in [0.05, 0.1) is 0 Å². The zero-order valence-corrected chi connectivity index (χ0v) is 18.3. The van der Waals surface area contributed by atoms with Crippen molar-refractivity contribution in [1.29, 1.82) is 0 Å². The van der Waals surface area contributed by atoms with Crippen LogP contribution in [0.5, 0.6) is 0 Å². The Labute approximate surface area is 181 Å². The standard InChI is InChI=1S/C21H18ClN3O2S2/c1-13-23-24-21(29-13)28-12-17-16-8-3-4-9-18(16)27-19(17)20(26)25(2)11-14-6-5-7-15(22)10-14/h3-10H,11-12H2,1-2H3. The van der Waals surface area contributed by atoms with E-state index in [4.69, 9.17) is 16.0 Å². The van der Waals surface area contributed by atoms with Gasteiger partial charge in [0, 0.05) is 35.3 Å². The van der Waals surface area contributed by atoms with Crippen LogP contribution in [0.15, 0.2) is 57.3 Å². The fourth-order valence-electron chi connectivity index (χ4n) is 3.04. The Hall–Kier alpha value is -2.35. The normalized spacial score (nSPS) is 11.1. The number of rotatable bonds is 6. The van der Waals surface area contributed by atoms with Crippen LogP contribution in [0.3, 0.4) is 0 Å². The molecular weight excluding hydrogens is 426 g/mol. The topological polar surface area (TPSA) is 59.2 Å². The number of para-hydroxylation sites is 1. The van der Waals surface area contributed by atoms with E-state index in [1.807, 2.05) is 55.5 Å². The second-order valence-corrected chi connectivity index (χ2v) is 9.41. The molecule has 0 atom stereocenters. The van der Waals surface area contributed by atoms with E-state index in [-0.39, 0.29) is 5.91 Å². The molecule has 0 saturated carbocycles. The Morgan fingerprint density at radius 3 is 2.79 bits per heavy atom. The van der Waals surface area contributed by atoms with Gasteiger partial charge in [0.15, 0.2) is 10.1 Å². The van der Waals surface area contributed by atoms with E-state index in [2.05, 4.69) is 10.2 Å². The first kappa shape index (κ1) is 19.9. The Kier molecular flexibility index (Phi) is 5.89. The molecule has 2 aromatic heterocycles. The van der Waals surface area contributed by atoms with Crippen molar-refractivity contribution in [1.82, 2.24) is 15.1 Å². The summed E-state index contributed by atoms with van der Waals surface area (Å²) in [5.74, 6) is 0.784. The van der Waals surface area contributed by atoms with Gasteiger partial charge in [-0.1, -0.05) is 65.0 Å². The molecule has 8 heteroatoms. The first-order chi connectivity index (χ1) is 14.0. The molecule has 2 aromatic carbocycles. The van der Waals surface area contributed by atoms with Gasteiger partial charge in [-0.05, 0) is 30.7 Å². The molecule has 0 aliphatic rings. The number of amides is 1. The number of benzene rings is 2. The number of nitrogens with zero attached hydrogens (tertiary/aromatic N) is 3. The minimum atomic E-state index is -0.162. The van der Waals surface area contributed by atoms with Gasteiger partial charge >= 0.3 is 0 Å². The van der Waals surface area contributed by atoms with Gasteiger partial charge < -0.3 is 9.32 Å². The highest BCUT2D eigenvalue weighted by atomic mass is 35.5. The summed E-state index contributed by atoms with van der Waals surface area (Å²) in [5, 5.41) is 10.7. The maximum absolute atomic E-state index is 13.2. The molecule has 4 aromatic rings. The predicted octanol–water partition coefficient (Wildman–Crippen LogP) is 5.81. The van der Waals surface area contributed by atoms with Crippen LogP contribution in [0.25, 0.3) is 11.0 Å². The SMILES string of the molecule is Cc1nnc(SCc2c(C(=O)N(C)Cc3cccc(Cl)c3)oc3ccccc23)s1. The first-order valence-corrected chi connectivity index (χ1v) is 11.1. The monoisotopic (exact) mass is 443 g/mol. The van der Waals surface area contributed by atoms with Crippen molar-refractivity contribution in [2.75, 3.05) is 7.05 Å². The van der Waals surface area contributed by atoms with E-state index < -0.39 is 0 Å². The number of thioether (sulfide) groups is 1. The Bertz CT molecular complexity index is 1170. The Morgan fingerprint density at radius 1 is 1.21 bits per heavy atom. The number of furan rings is 1. The Balaban J connectivity index is 1.62. The van der Waals surface area contributed by atoms with Crippen molar-refractivity contribution in [3.05, 3.63) is 75.4 Å². The number of aryl methyl sites for hydroxylation is 1. The highest BCUT2D eigenvalue weighted by Crippen LogP contribution is 2.33. The average molecular weight is 444 g/mol. The molecule has 148 valence electrons. The summed E-state index contributed by atoms with van der Waals surface area (Å²) < 4.78 is 6.85.